The van der Waals surface area contributed by atoms with Crippen molar-refractivity contribution in [3.05, 3.63) is 64.7 Å². The number of aromatic carboxylic acids is 1. The van der Waals surface area contributed by atoms with Gasteiger partial charge in [-0.25, -0.2) is 4.79 Å². The monoisotopic (exact) mass is 328 g/mol. The average molecular weight is 328 g/mol. The molecule has 6 heteroatoms. The van der Waals surface area contributed by atoms with Crippen molar-refractivity contribution in [2.45, 2.75) is 13.8 Å². The number of benzene rings is 2. The number of anilines is 1. The van der Waals surface area contributed by atoms with Gasteiger partial charge in [-0.3, -0.25) is 10.1 Å². The first-order valence-electron chi connectivity index (χ1n) is 6.90. The molecule has 2 aromatic rings. The minimum Gasteiger partial charge on any atom is -0.478 e. The van der Waals surface area contributed by atoms with Crippen LogP contribution in [0.1, 0.15) is 31.8 Å². The number of carboxylic acids is 1. The standard InChI is InChI=1S/C17H16N2O3S/c1-10-5-3-6-12(9-10)15(20)19-17(23)18-14-8-4-7-13(11(14)2)16(21)22/h3-9H,1-2H3,(H,21,22)(H2,18,19,20,23). The Morgan fingerprint density at radius 2 is 1.78 bits per heavy atom. The molecule has 3 N–H and O–H groups in total. The van der Waals surface area contributed by atoms with Crippen LogP contribution < -0.4 is 10.6 Å². The number of nitrogens with one attached hydrogen (secondary N) is 2. The maximum absolute atomic E-state index is 12.1. The summed E-state index contributed by atoms with van der Waals surface area (Å²) in [6, 6.07) is 12.0. The van der Waals surface area contributed by atoms with E-state index in [9.17, 15) is 9.59 Å². The number of thiocarbonyl (C=S) groups is 1. The first-order valence-corrected chi connectivity index (χ1v) is 7.31. The molecule has 0 fully saturated rings. The predicted octanol–water partition coefficient (Wildman–Crippen LogP) is 3.13. The zero-order valence-electron chi connectivity index (χ0n) is 12.7. The molecule has 0 aromatic heterocycles. The second kappa shape index (κ2) is 7.02. The van der Waals surface area contributed by atoms with Crippen molar-refractivity contribution >= 4 is 34.9 Å². The molecule has 2 aromatic carbocycles. The Bertz CT molecular complexity index is 787. The van der Waals surface area contributed by atoms with E-state index in [-0.39, 0.29) is 16.6 Å². The Labute approximate surface area is 139 Å². The summed E-state index contributed by atoms with van der Waals surface area (Å²) in [5, 5.41) is 14.7. The van der Waals surface area contributed by atoms with E-state index in [0.717, 1.165) is 5.56 Å². The molecule has 0 atom stereocenters. The van der Waals surface area contributed by atoms with Gasteiger partial charge in [0.2, 0.25) is 0 Å². The van der Waals surface area contributed by atoms with E-state index >= 15 is 0 Å². The quantitative estimate of drug-likeness (QED) is 0.755. The number of rotatable bonds is 3. The van der Waals surface area contributed by atoms with E-state index < -0.39 is 5.97 Å². The van der Waals surface area contributed by atoms with Crippen molar-refractivity contribution in [2.75, 3.05) is 5.32 Å². The van der Waals surface area contributed by atoms with Gasteiger partial charge >= 0.3 is 5.97 Å². The van der Waals surface area contributed by atoms with Gasteiger partial charge in [0, 0.05) is 11.3 Å². The molecule has 5 nitrogen and oxygen atoms in total. The lowest BCUT2D eigenvalue weighted by Gasteiger charge is -2.13. The van der Waals surface area contributed by atoms with Crippen LogP contribution >= 0.6 is 12.2 Å². The molecule has 23 heavy (non-hydrogen) atoms. The number of amides is 1. The maximum Gasteiger partial charge on any atom is 0.336 e. The normalized spacial score (nSPS) is 10.0. The Balaban J connectivity index is 2.10. The SMILES string of the molecule is Cc1cccc(C(=O)NC(=S)Nc2cccc(C(=O)O)c2C)c1. The fraction of sp³-hybridized carbons (Fsp3) is 0.118. The number of carbonyl (C=O) groups is 2. The topological polar surface area (TPSA) is 78.4 Å². The highest BCUT2D eigenvalue weighted by atomic mass is 32.1. The van der Waals surface area contributed by atoms with Crippen molar-refractivity contribution in [1.82, 2.24) is 5.32 Å². The van der Waals surface area contributed by atoms with Gasteiger partial charge in [-0.1, -0.05) is 23.8 Å². The van der Waals surface area contributed by atoms with Gasteiger partial charge in [-0.05, 0) is 55.9 Å². The van der Waals surface area contributed by atoms with Gasteiger partial charge < -0.3 is 10.4 Å². The molecule has 0 aliphatic heterocycles. The van der Waals surface area contributed by atoms with E-state index in [1.165, 1.54) is 6.07 Å². The summed E-state index contributed by atoms with van der Waals surface area (Å²) in [6.45, 7) is 3.57. The number of hydrogen-bond acceptors (Lipinski definition) is 3. The molecule has 0 radical (unpaired) electrons. The molecule has 1 amide bonds. The molecule has 0 bridgehead atoms. The van der Waals surface area contributed by atoms with Crippen LogP contribution in [0.25, 0.3) is 0 Å². The first-order chi connectivity index (χ1) is 10.9. The molecule has 0 saturated carbocycles. The van der Waals surface area contributed by atoms with Gasteiger partial charge in [-0.2, -0.15) is 0 Å². The lowest BCUT2D eigenvalue weighted by Crippen LogP contribution is -2.34. The van der Waals surface area contributed by atoms with Crippen LogP contribution in [0.3, 0.4) is 0 Å². The second-order valence-corrected chi connectivity index (χ2v) is 5.47. The molecule has 2 rings (SSSR count). The molecule has 0 aliphatic rings. The summed E-state index contributed by atoms with van der Waals surface area (Å²) in [5.74, 6) is -1.33. The fourth-order valence-corrected chi connectivity index (χ4v) is 2.32. The molecule has 118 valence electrons. The predicted molar refractivity (Wildman–Crippen MR) is 93.0 cm³/mol. The maximum atomic E-state index is 12.1. The second-order valence-electron chi connectivity index (χ2n) is 5.06. The van der Waals surface area contributed by atoms with Crippen molar-refractivity contribution < 1.29 is 14.7 Å². The largest absolute Gasteiger partial charge is 0.478 e. The van der Waals surface area contributed by atoms with Crippen LogP contribution in [-0.2, 0) is 0 Å². The number of hydrogen-bond donors (Lipinski definition) is 3. The van der Waals surface area contributed by atoms with Crippen LogP contribution in [0.2, 0.25) is 0 Å². The fourth-order valence-electron chi connectivity index (χ4n) is 2.12. The molecule has 0 aliphatic carbocycles. The van der Waals surface area contributed by atoms with Crippen molar-refractivity contribution in [2.24, 2.45) is 0 Å². The number of carboxylic acid groups (broad SMARTS) is 1. The zero-order chi connectivity index (χ0) is 17.0. The molecule has 0 heterocycles. The highest BCUT2D eigenvalue weighted by molar-refractivity contribution is 7.80. The van der Waals surface area contributed by atoms with Crippen LogP contribution in [0.4, 0.5) is 5.69 Å². The molecular weight excluding hydrogens is 312 g/mol. The minimum absolute atomic E-state index is 0.113. The average Bonchev–Trinajstić information content (AvgIpc) is 2.49. The third kappa shape index (κ3) is 4.14. The van der Waals surface area contributed by atoms with Crippen molar-refractivity contribution in [3.63, 3.8) is 0 Å². The highest BCUT2D eigenvalue weighted by Crippen LogP contribution is 2.18. The third-order valence-electron chi connectivity index (χ3n) is 3.32. The van der Waals surface area contributed by atoms with E-state index in [1.807, 2.05) is 13.0 Å². The van der Waals surface area contributed by atoms with Gasteiger partial charge in [0.15, 0.2) is 5.11 Å². The minimum atomic E-state index is -1.01. The molecule has 0 unspecified atom stereocenters. The summed E-state index contributed by atoms with van der Waals surface area (Å²) in [6.07, 6.45) is 0. The Hall–Kier alpha value is -2.73. The van der Waals surface area contributed by atoms with E-state index in [0.29, 0.717) is 16.8 Å². The first kappa shape index (κ1) is 16.6. The van der Waals surface area contributed by atoms with Gasteiger partial charge in [0.25, 0.3) is 5.91 Å². The van der Waals surface area contributed by atoms with Gasteiger partial charge in [-0.15, -0.1) is 0 Å². The highest BCUT2D eigenvalue weighted by Gasteiger charge is 2.12. The van der Waals surface area contributed by atoms with Crippen molar-refractivity contribution in [1.29, 1.82) is 0 Å². The Kier molecular flexibility index (Phi) is 5.08. The molecule has 0 spiro atoms. The van der Waals surface area contributed by atoms with E-state index in [4.69, 9.17) is 17.3 Å². The van der Waals surface area contributed by atoms with Crippen molar-refractivity contribution in [3.8, 4) is 0 Å². The summed E-state index contributed by atoms with van der Waals surface area (Å²) >= 11 is 5.12. The Morgan fingerprint density at radius 3 is 2.43 bits per heavy atom. The number of aryl methyl sites for hydroxylation is 1. The molecule has 0 saturated heterocycles. The van der Waals surface area contributed by atoms with Crippen LogP contribution in [-0.4, -0.2) is 22.1 Å². The lowest BCUT2D eigenvalue weighted by atomic mass is 10.1. The van der Waals surface area contributed by atoms with E-state index in [1.54, 1.807) is 37.3 Å². The van der Waals surface area contributed by atoms with Gasteiger partial charge in [0.1, 0.15) is 0 Å². The van der Waals surface area contributed by atoms with Crippen LogP contribution in [0.5, 0.6) is 0 Å². The summed E-state index contributed by atoms with van der Waals surface area (Å²) in [7, 11) is 0. The smallest absolute Gasteiger partial charge is 0.336 e. The third-order valence-corrected chi connectivity index (χ3v) is 3.52. The van der Waals surface area contributed by atoms with Gasteiger partial charge in [0.05, 0.1) is 5.56 Å². The summed E-state index contributed by atoms with van der Waals surface area (Å²) in [4.78, 5) is 23.2. The van der Waals surface area contributed by atoms with Crippen LogP contribution in [0, 0.1) is 13.8 Å². The number of carbonyl (C=O) groups excluding carboxylic acids is 1. The van der Waals surface area contributed by atoms with Crippen LogP contribution in [0.15, 0.2) is 42.5 Å². The summed E-state index contributed by atoms with van der Waals surface area (Å²) < 4.78 is 0. The summed E-state index contributed by atoms with van der Waals surface area (Å²) in [5.41, 5.74) is 2.75. The zero-order valence-corrected chi connectivity index (χ0v) is 13.5. The molecular formula is C17H16N2O3S. The Morgan fingerprint density at radius 1 is 1.09 bits per heavy atom. The lowest BCUT2D eigenvalue weighted by molar-refractivity contribution is 0.0696. The van der Waals surface area contributed by atoms with E-state index in [2.05, 4.69) is 10.6 Å².